The van der Waals surface area contributed by atoms with Gasteiger partial charge in [0, 0.05) is 6.07 Å². The molecule has 0 spiro atoms. The number of nitrogens with one attached hydrogen (secondary N) is 2. The molecule has 7 heteroatoms. The molecule has 0 bridgehead atoms. The van der Waals surface area contributed by atoms with Gasteiger partial charge in [0.25, 0.3) is 0 Å². The third kappa shape index (κ3) is 5.51. The Morgan fingerprint density at radius 3 is 2.43 bits per heavy atom. The SMILES string of the molecule is CCOc1ccccc1Nc1cc(NCCOc2ccc(OC)cc2)ncn1. The van der Waals surface area contributed by atoms with Crippen molar-refractivity contribution in [3.63, 3.8) is 0 Å². The van der Waals surface area contributed by atoms with Gasteiger partial charge < -0.3 is 24.8 Å². The summed E-state index contributed by atoms with van der Waals surface area (Å²) in [4.78, 5) is 8.51. The van der Waals surface area contributed by atoms with Gasteiger partial charge in [-0.25, -0.2) is 9.97 Å². The van der Waals surface area contributed by atoms with Crippen LogP contribution in [0.3, 0.4) is 0 Å². The van der Waals surface area contributed by atoms with E-state index in [1.54, 1.807) is 7.11 Å². The highest BCUT2D eigenvalue weighted by Gasteiger charge is 2.05. The van der Waals surface area contributed by atoms with Crippen molar-refractivity contribution < 1.29 is 14.2 Å². The molecule has 0 saturated heterocycles. The molecule has 7 nitrogen and oxygen atoms in total. The van der Waals surface area contributed by atoms with Crippen LogP contribution in [-0.4, -0.2) is 36.8 Å². The molecule has 0 atom stereocenters. The molecule has 0 amide bonds. The van der Waals surface area contributed by atoms with Gasteiger partial charge >= 0.3 is 0 Å². The topological polar surface area (TPSA) is 77.5 Å². The maximum absolute atomic E-state index is 5.70. The van der Waals surface area contributed by atoms with E-state index >= 15 is 0 Å². The number of hydrogen-bond acceptors (Lipinski definition) is 7. The number of methoxy groups -OCH3 is 1. The number of para-hydroxylation sites is 2. The Bertz CT molecular complexity index is 872. The summed E-state index contributed by atoms with van der Waals surface area (Å²) in [5.41, 5.74) is 0.858. The van der Waals surface area contributed by atoms with Gasteiger partial charge in [0.05, 0.1) is 25.9 Å². The van der Waals surface area contributed by atoms with Crippen molar-refractivity contribution in [3.05, 3.63) is 60.9 Å². The van der Waals surface area contributed by atoms with E-state index in [2.05, 4.69) is 20.6 Å². The Morgan fingerprint density at radius 1 is 0.893 bits per heavy atom. The molecular weight excluding hydrogens is 356 g/mol. The van der Waals surface area contributed by atoms with E-state index in [1.165, 1.54) is 6.33 Å². The molecule has 2 N–H and O–H groups in total. The molecule has 0 aliphatic carbocycles. The Morgan fingerprint density at radius 2 is 1.64 bits per heavy atom. The van der Waals surface area contributed by atoms with Crippen LogP contribution in [0.5, 0.6) is 17.2 Å². The Hall–Kier alpha value is -3.48. The summed E-state index contributed by atoms with van der Waals surface area (Å²) in [5.74, 6) is 3.77. The van der Waals surface area contributed by atoms with Gasteiger partial charge in [-0.2, -0.15) is 0 Å². The van der Waals surface area contributed by atoms with Crippen molar-refractivity contribution in [1.82, 2.24) is 9.97 Å². The monoisotopic (exact) mass is 380 g/mol. The largest absolute Gasteiger partial charge is 0.497 e. The van der Waals surface area contributed by atoms with Gasteiger partial charge in [-0.15, -0.1) is 0 Å². The van der Waals surface area contributed by atoms with E-state index in [1.807, 2.05) is 61.5 Å². The summed E-state index contributed by atoms with van der Waals surface area (Å²) in [7, 11) is 1.64. The second-order valence-electron chi connectivity index (χ2n) is 5.79. The maximum Gasteiger partial charge on any atom is 0.142 e. The number of aromatic nitrogens is 2. The lowest BCUT2D eigenvalue weighted by Crippen LogP contribution is -2.12. The van der Waals surface area contributed by atoms with Crippen molar-refractivity contribution in [2.24, 2.45) is 0 Å². The van der Waals surface area contributed by atoms with Crippen molar-refractivity contribution in [1.29, 1.82) is 0 Å². The summed E-state index contributed by atoms with van der Waals surface area (Å²) >= 11 is 0. The van der Waals surface area contributed by atoms with Crippen LogP contribution in [0.1, 0.15) is 6.92 Å². The second-order valence-corrected chi connectivity index (χ2v) is 5.79. The number of hydrogen-bond donors (Lipinski definition) is 2. The zero-order valence-electron chi connectivity index (χ0n) is 16.0. The highest BCUT2D eigenvalue weighted by Crippen LogP contribution is 2.27. The highest BCUT2D eigenvalue weighted by atomic mass is 16.5. The molecule has 3 rings (SSSR count). The molecule has 146 valence electrons. The molecule has 1 aromatic heterocycles. The fraction of sp³-hybridized carbons (Fsp3) is 0.238. The van der Waals surface area contributed by atoms with E-state index < -0.39 is 0 Å². The summed E-state index contributed by atoms with van der Waals surface area (Å²) < 4.78 is 16.5. The third-order valence-corrected chi connectivity index (χ3v) is 3.85. The minimum Gasteiger partial charge on any atom is -0.497 e. The second kappa shape index (κ2) is 10.0. The van der Waals surface area contributed by atoms with E-state index in [0.29, 0.717) is 31.4 Å². The Kier molecular flexibility index (Phi) is 6.89. The quantitative estimate of drug-likeness (QED) is 0.512. The van der Waals surface area contributed by atoms with E-state index in [0.717, 1.165) is 22.9 Å². The molecule has 3 aromatic rings. The Balaban J connectivity index is 1.52. The number of nitrogens with zero attached hydrogens (tertiary/aromatic N) is 2. The van der Waals surface area contributed by atoms with Crippen LogP contribution < -0.4 is 24.8 Å². The van der Waals surface area contributed by atoms with Gasteiger partial charge in [0.15, 0.2) is 0 Å². The standard InChI is InChI=1S/C21H24N4O3/c1-3-27-19-7-5-4-6-18(19)25-21-14-20(23-15-24-21)22-12-13-28-17-10-8-16(26-2)9-11-17/h4-11,14-15H,3,12-13H2,1-2H3,(H2,22,23,24,25). The lowest BCUT2D eigenvalue weighted by atomic mass is 10.3. The van der Waals surface area contributed by atoms with E-state index in [9.17, 15) is 0 Å². The van der Waals surface area contributed by atoms with Crippen LogP contribution in [0.25, 0.3) is 0 Å². The zero-order valence-corrected chi connectivity index (χ0v) is 16.0. The lowest BCUT2D eigenvalue weighted by molar-refractivity contribution is 0.331. The first kappa shape index (κ1) is 19.3. The first-order valence-electron chi connectivity index (χ1n) is 9.10. The number of rotatable bonds is 10. The minimum absolute atomic E-state index is 0.506. The Labute approximate surface area is 164 Å². The third-order valence-electron chi connectivity index (χ3n) is 3.85. The smallest absolute Gasteiger partial charge is 0.142 e. The van der Waals surface area contributed by atoms with Crippen molar-refractivity contribution in [2.45, 2.75) is 6.92 Å². The van der Waals surface area contributed by atoms with Crippen molar-refractivity contribution in [3.8, 4) is 17.2 Å². The maximum atomic E-state index is 5.70. The normalized spacial score (nSPS) is 10.2. The van der Waals surface area contributed by atoms with Crippen LogP contribution in [0, 0.1) is 0 Å². The first-order valence-corrected chi connectivity index (χ1v) is 9.10. The predicted molar refractivity (Wildman–Crippen MR) is 110 cm³/mol. The van der Waals surface area contributed by atoms with Gasteiger partial charge in [0.2, 0.25) is 0 Å². The van der Waals surface area contributed by atoms with Gasteiger partial charge in [-0.1, -0.05) is 12.1 Å². The fourth-order valence-corrected chi connectivity index (χ4v) is 2.53. The lowest BCUT2D eigenvalue weighted by Gasteiger charge is -2.12. The van der Waals surface area contributed by atoms with Crippen LogP contribution >= 0.6 is 0 Å². The number of anilines is 3. The van der Waals surface area contributed by atoms with Gasteiger partial charge in [0.1, 0.15) is 41.8 Å². The molecule has 0 fully saturated rings. The predicted octanol–water partition coefficient (Wildman–Crippen LogP) is 4.12. The van der Waals surface area contributed by atoms with E-state index in [-0.39, 0.29) is 0 Å². The summed E-state index contributed by atoms with van der Waals surface area (Å²) in [6.45, 7) is 3.67. The molecule has 1 heterocycles. The van der Waals surface area contributed by atoms with Crippen LogP contribution in [0.4, 0.5) is 17.3 Å². The van der Waals surface area contributed by atoms with Gasteiger partial charge in [-0.05, 0) is 43.3 Å². The average molecular weight is 380 g/mol. The number of benzene rings is 2. The molecule has 2 aromatic carbocycles. The molecule has 0 aliphatic rings. The van der Waals surface area contributed by atoms with Crippen molar-refractivity contribution in [2.75, 3.05) is 37.5 Å². The molecule has 0 aliphatic heterocycles. The molecular formula is C21H24N4O3. The highest BCUT2D eigenvalue weighted by molar-refractivity contribution is 5.65. The molecule has 0 saturated carbocycles. The van der Waals surface area contributed by atoms with Crippen LogP contribution in [0.15, 0.2) is 60.9 Å². The molecule has 0 radical (unpaired) electrons. The summed E-state index contributed by atoms with van der Waals surface area (Å²) in [5, 5.41) is 6.50. The first-order chi connectivity index (χ1) is 13.8. The van der Waals surface area contributed by atoms with Crippen LogP contribution in [-0.2, 0) is 0 Å². The minimum atomic E-state index is 0.506. The van der Waals surface area contributed by atoms with E-state index in [4.69, 9.17) is 14.2 Å². The van der Waals surface area contributed by atoms with Gasteiger partial charge in [-0.3, -0.25) is 0 Å². The summed E-state index contributed by atoms with van der Waals surface area (Å²) in [6.07, 6.45) is 1.51. The number of ether oxygens (including phenoxy) is 3. The fourth-order valence-electron chi connectivity index (χ4n) is 2.53. The average Bonchev–Trinajstić information content (AvgIpc) is 2.74. The molecule has 0 unspecified atom stereocenters. The molecule has 28 heavy (non-hydrogen) atoms. The van der Waals surface area contributed by atoms with Crippen molar-refractivity contribution >= 4 is 17.3 Å². The summed E-state index contributed by atoms with van der Waals surface area (Å²) in [6, 6.07) is 17.1. The zero-order chi connectivity index (χ0) is 19.6. The van der Waals surface area contributed by atoms with Crippen LogP contribution in [0.2, 0.25) is 0 Å².